The highest BCUT2D eigenvalue weighted by molar-refractivity contribution is 7.15. The molecule has 0 aliphatic rings. The molecule has 33 heavy (non-hydrogen) atoms. The second-order valence-electron chi connectivity index (χ2n) is 7.24. The molecule has 0 aliphatic carbocycles. The van der Waals surface area contributed by atoms with Crippen molar-refractivity contribution in [1.82, 2.24) is 24.4 Å². The topological polar surface area (TPSA) is 65.1 Å². The molecule has 0 radical (unpaired) electrons. The third kappa shape index (κ3) is 3.68. The maximum atomic E-state index is 13.1. The van der Waals surface area contributed by atoms with Crippen molar-refractivity contribution < 1.29 is 0 Å². The molecule has 0 N–H and O–H groups in total. The number of rotatable bonds is 4. The average molecular weight is 488 g/mol. The van der Waals surface area contributed by atoms with Gasteiger partial charge in [0, 0.05) is 22.3 Å². The normalized spacial score (nSPS) is 12.1. The van der Waals surface area contributed by atoms with Gasteiger partial charge in [0.15, 0.2) is 5.82 Å². The number of fused-ring (bicyclic) bond motifs is 1. The zero-order valence-electron chi connectivity index (χ0n) is 16.9. The minimum absolute atomic E-state index is 0.202. The minimum Gasteiger partial charge on any atom is -0.266 e. The van der Waals surface area contributed by atoms with Gasteiger partial charge < -0.3 is 0 Å². The smallest absolute Gasteiger partial charge is 0.266 e. The Hall–Kier alpha value is -3.59. The van der Waals surface area contributed by atoms with Gasteiger partial charge in [-0.3, -0.25) is 4.79 Å². The van der Waals surface area contributed by atoms with Crippen molar-refractivity contribution in [3.8, 4) is 27.6 Å². The van der Waals surface area contributed by atoms with E-state index in [0.29, 0.717) is 20.3 Å². The second kappa shape index (κ2) is 8.08. The number of hydrogen-bond donors (Lipinski definition) is 0. The van der Waals surface area contributed by atoms with E-state index in [-0.39, 0.29) is 5.56 Å². The van der Waals surface area contributed by atoms with Crippen molar-refractivity contribution in [3.05, 3.63) is 104 Å². The Morgan fingerprint density at radius 3 is 2.48 bits per heavy atom. The highest BCUT2D eigenvalue weighted by atomic mass is 35.5. The van der Waals surface area contributed by atoms with Crippen molar-refractivity contribution >= 4 is 45.3 Å². The molecular weight excluding hydrogens is 474 g/mol. The first kappa shape index (κ1) is 20.0. The Morgan fingerprint density at radius 1 is 0.939 bits per heavy atom. The minimum atomic E-state index is -0.202. The van der Waals surface area contributed by atoms with E-state index in [1.807, 2.05) is 76.9 Å². The molecule has 6 nitrogen and oxygen atoms in total. The molecular formula is C24H14ClN5OS2. The summed E-state index contributed by atoms with van der Waals surface area (Å²) in [4.78, 5) is 19.2. The van der Waals surface area contributed by atoms with E-state index < -0.39 is 0 Å². The lowest BCUT2D eigenvalue weighted by Gasteiger charge is -1.99. The van der Waals surface area contributed by atoms with Crippen LogP contribution >= 0.6 is 34.3 Å². The molecule has 4 aromatic heterocycles. The monoisotopic (exact) mass is 487 g/mol. The number of benzene rings is 2. The molecule has 0 bridgehead atoms. The fraction of sp³-hybridized carbons (Fsp3) is 0. The van der Waals surface area contributed by atoms with Crippen molar-refractivity contribution in [1.29, 1.82) is 0 Å². The summed E-state index contributed by atoms with van der Waals surface area (Å²) in [5.74, 6) is 0.498. The fourth-order valence-corrected chi connectivity index (χ4v) is 5.26. The van der Waals surface area contributed by atoms with Crippen LogP contribution in [0.2, 0.25) is 5.02 Å². The lowest BCUT2D eigenvalue weighted by atomic mass is 10.2. The van der Waals surface area contributed by atoms with E-state index in [2.05, 4.69) is 10.1 Å². The number of thiophene rings is 1. The zero-order valence-corrected chi connectivity index (χ0v) is 19.3. The Labute approximate surface area is 200 Å². The first-order chi connectivity index (χ1) is 16.2. The molecule has 0 saturated carbocycles. The van der Waals surface area contributed by atoms with Crippen molar-refractivity contribution in [2.75, 3.05) is 0 Å². The summed E-state index contributed by atoms with van der Waals surface area (Å²) in [5, 5.41) is 11.9. The third-order valence-corrected chi connectivity index (χ3v) is 7.18. The number of nitrogens with zero attached hydrogens (tertiary/aromatic N) is 5. The molecule has 0 saturated heterocycles. The molecule has 6 aromatic rings. The third-order valence-electron chi connectivity index (χ3n) is 5.09. The van der Waals surface area contributed by atoms with Crippen LogP contribution in [-0.4, -0.2) is 24.4 Å². The van der Waals surface area contributed by atoms with E-state index >= 15 is 0 Å². The predicted octanol–water partition coefficient (Wildman–Crippen LogP) is 4.93. The van der Waals surface area contributed by atoms with Gasteiger partial charge in [-0.15, -0.1) is 16.4 Å². The van der Waals surface area contributed by atoms with E-state index in [1.165, 1.54) is 15.9 Å². The number of hydrogen-bond acceptors (Lipinski definition) is 6. The maximum absolute atomic E-state index is 13.1. The molecule has 0 amide bonds. The van der Waals surface area contributed by atoms with E-state index in [4.69, 9.17) is 16.7 Å². The van der Waals surface area contributed by atoms with Gasteiger partial charge in [0.25, 0.3) is 5.56 Å². The number of aromatic nitrogens is 5. The molecule has 0 atom stereocenters. The van der Waals surface area contributed by atoms with E-state index in [0.717, 1.165) is 27.4 Å². The lowest BCUT2D eigenvalue weighted by Crippen LogP contribution is -2.23. The quantitative estimate of drug-likeness (QED) is 0.353. The first-order valence-electron chi connectivity index (χ1n) is 10.0. The van der Waals surface area contributed by atoms with Crippen molar-refractivity contribution in [2.24, 2.45) is 0 Å². The number of thiazole rings is 1. The summed E-state index contributed by atoms with van der Waals surface area (Å²) in [7, 11) is 0. The van der Waals surface area contributed by atoms with Crippen molar-refractivity contribution in [3.63, 3.8) is 0 Å². The van der Waals surface area contributed by atoms with Crippen LogP contribution in [0.1, 0.15) is 5.56 Å². The van der Waals surface area contributed by atoms with Crippen LogP contribution in [0.4, 0.5) is 0 Å². The maximum Gasteiger partial charge on any atom is 0.291 e. The van der Waals surface area contributed by atoms with Gasteiger partial charge in [-0.25, -0.2) is 4.68 Å². The zero-order chi connectivity index (χ0) is 22.4. The molecule has 0 fully saturated rings. The fourth-order valence-electron chi connectivity index (χ4n) is 3.51. The van der Waals surface area contributed by atoms with Crippen LogP contribution in [0.5, 0.6) is 0 Å². The van der Waals surface area contributed by atoms with E-state index in [9.17, 15) is 4.79 Å². The molecule has 0 unspecified atom stereocenters. The lowest BCUT2D eigenvalue weighted by molar-refractivity contribution is 0.885. The van der Waals surface area contributed by atoms with Gasteiger partial charge in [0.2, 0.25) is 4.96 Å². The molecule has 2 aromatic carbocycles. The van der Waals surface area contributed by atoms with Crippen LogP contribution in [0, 0.1) is 0 Å². The van der Waals surface area contributed by atoms with Crippen LogP contribution in [0.3, 0.4) is 0 Å². The van der Waals surface area contributed by atoms with Gasteiger partial charge in [-0.2, -0.15) is 14.6 Å². The Bertz CT molecular complexity index is 1680. The van der Waals surface area contributed by atoms with Gasteiger partial charge in [-0.05, 0) is 53.9 Å². The Kier molecular flexibility index (Phi) is 4.91. The Morgan fingerprint density at radius 2 is 1.76 bits per heavy atom. The van der Waals surface area contributed by atoms with Crippen molar-refractivity contribution in [2.45, 2.75) is 0 Å². The summed E-state index contributed by atoms with van der Waals surface area (Å²) >= 11 is 8.89. The van der Waals surface area contributed by atoms with Crippen LogP contribution in [0.25, 0.3) is 38.7 Å². The summed E-state index contributed by atoms with van der Waals surface area (Å²) in [6, 6.07) is 21.2. The standard InChI is InChI=1S/C24H14ClN5OS2/c25-17-10-8-15(9-11-17)22-26-24-30(28-22)23(31)20(33-24)13-16-14-29(18-5-2-1-3-6-18)27-21(16)19-7-4-12-32-19/h1-14H. The summed E-state index contributed by atoms with van der Waals surface area (Å²) in [5.41, 5.74) is 3.25. The molecule has 4 heterocycles. The van der Waals surface area contributed by atoms with Crippen LogP contribution < -0.4 is 10.1 Å². The average Bonchev–Trinajstić information content (AvgIpc) is 3.62. The molecule has 0 spiro atoms. The second-order valence-corrected chi connectivity index (χ2v) is 9.64. The van der Waals surface area contributed by atoms with Gasteiger partial charge in [0.05, 0.1) is 15.1 Å². The molecule has 9 heteroatoms. The molecule has 6 rings (SSSR count). The summed E-state index contributed by atoms with van der Waals surface area (Å²) < 4.78 is 3.74. The number of para-hydroxylation sites is 1. The number of halogens is 1. The van der Waals surface area contributed by atoms with Gasteiger partial charge >= 0.3 is 0 Å². The van der Waals surface area contributed by atoms with Crippen LogP contribution in [0.15, 0.2) is 83.1 Å². The van der Waals surface area contributed by atoms with Gasteiger partial charge in [0.1, 0.15) is 5.69 Å². The van der Waals surface area contributed by atoms with Gasteiger partial charge in [-0.1, -0.05) is 47.2 Å². The molecule has 0 aliphatic heterocycles. The highest BCUT2D eigenvalue weighted by Crippen LogP contribution is 2.28. The summed E-state index contributed by atoms with van der Waals surface area (Å²) in [6.07, 6.45) is 3.81. The largest absolute Gasteiger partial charge is 0.291 e. The Balaban J connectivity index is 1.47. The summed E-state index contributed by atoms with van der Waals surface area (Å²) in [6.45, 7) is 0. The first-order valence-corrected chi connectivity index (χ1v) is 12.1. The van der Waals surface area contributed by atoms with Crippen LogP contribution in [-0.2, 0) is 0 Å². The highest BCUT2D eigenvalue weighted by Gasteiger charge is 2.15. The van der Waals surface area contributed by atoms with E-state index in [1.54, 1.807) is 23.5 Å². The predicted molar refractivity (Wildman–Crippen MR) is 133 cm³/mol. The molecule has 160 valence electrons. The SMILES string of the molecule is O=c1c(=Cc2cn(-c3ccccc3)nc2-c2cccs2)sc2nc(-c3ccc(Cl)cc3)nn12.